The monoisotopic (exact) mass is 334 g/mol. The van der Waals surface area contributed by atoms with Gasteiger partial charge in [-0.1, -0.05) is 6.07 Å². The van der Waals surface area contributed by atoms with Crippen LogP contribution in [0.4, 0.5) is 0 Å². The van der Waals surface area contributed by atoms with Crippen LogP contribution in [-0.4, -0.2) is 16.9 Å². The van der Waals surface area contributed by atoms with Gasteiger partial charge in [-0.25, -0.2) is 4.98 Å². The minimum Gasteiger partial charge on any atom is -0.347 e. The zero-order valence-corrected chi connectivity index (χ0v) is 13.0. The highest BCUT2D eigenvalue weighted by atomic mass is 79.9. The zero-order chi connectivity index (χ0) is 13.7. The molecule has 4 heteroatoms. The van der Waals surface area contributed by atoms with Gasteiger partial charge in [-0.3, -0.25) is 4.79 Å². The summed E-state index contributed by atoms with van der Waals surface area (Å²) in [5.74, 6) is 3.29. The number of rotatable bonds is 2. The van der Waals surface area contributed by atoms with Crippen molar-refractivity contribution in [2.45, 2.75) is 38.1 Å². The molecule has 0 aliphatic heterocycles. The summed E-state index contributed by atoms with van der Waals surface area (Å²) in [4.78, 5) is 16.7. The van der Waals surface area contributed by atoms with Gasteiger partial charge in [0.15, 0.2) is 0 Å². The number of amides is 1. The quantitative estimate of drug-likeness (QED) is 0.842. The van der Waals surface area contributed by atoms with Crippen molar-refractivity contribution in [3.63, 3.8) is 0 Å². The van der Waals surface area contributed by atoms with Crippen LogP contribution in [0, 0.1) is 23.7 Å². The molecule has 5 rings (SSSR count). The molecule has 1 aromatic heterocycles. The number of aromatic nitrogens is 1. The maximum atomic E-state index is 12.4. The van der Waals surface area contributed by atoms with E-state index in [2.05, 4.69) is 26.2 Å². The molecular formula is C16H19BrN2O. The van der Waals surface area contributed by atoms with Crippen molar-refractivity contribution in [1.82, 2.24) is 10.3 Å². The van der Waals surface area contributed by atoms with Crippen LogP contribution in [0.5, 0.6) is 0 Å². The first kappa shape index (κ1) is 12.8. The fourth-order valence-electron chi connectivity index (χ4n) is 4.92. The maximum Gasteiger partial charge on any atom is 0.270 e. The Hall–Kier alpha value is -0.900. The van der Waals surface area contributed by atoms with Crippen LogP contribution in [0.15, 0.2) is 22.8 Å². The molecule has 4 fully saturated rings. The van der Waals surface area contributed by atoms with Crippen LogP contribution in [0.1, 0.15) is 42.6 Å². The second-order valence-electron chi connectivity index (χ2n) is 6.78. The van der Waals surface area contributed by atoms with Crippen molar-refractivity contribution in [2.75, 3.05) is 0 Å². The van der Waals surface area contributed by atoms with Crippen molar-refractivity contribution < 1.29 is 4.79 Å². The minimum atomic E-state index is -0.0104. The molecule has 3 nitrogen and oxygen atoms in total. The Kier molecular flexibility index (Phi) is 3.09. The summed E-state index contributed by atoms with van der Waals surface area (Å²) < 4.78 is 0.718. The van der Waals surface area contributed by atoms with Gasteiger partial charge >= 0.3 is 0 Å². The van der Waals surface area contributed by atoms with Gasteiger partial charge in [0.05, 0.1) is 0 Å². The number of carbonyl (C=O) groups is 1. The predicted molar refractivity (Wildman–Crippen MR) is 80.2 cm³/mol. The molecule has 0 aromatic carbocycles. The minimum absolute atomic E-state index is 0.0104. The molecule has 1 N–H and O–H groups in total. The Balaban J connectivity index is 1.50. The lowest BCUT2D eigenvalue weighted by molar-refractivity contribution is -0.0120. The second-order valence-corrected chi connectivity index (χ2v) is 7.59. The summed E-state index contributed by atoms with van der Waals surface area (Å²) in [6.07, 6.45) is 6.74. The molecule has 1 heterocycles. The van der Waals surface area contributed by atoms with Crippen LogP contribution in [0.25, 0.3) is 0 Å². The third kappa shape index (κ3) is 2.18. The van der Waals surface area contributed by atoms with Gasteiger partial charge in [-0.05, 0) is 83.8 Å². The Morgan fingerprint density at radius 3 is 2.35 bits per heavy atom. The number of hydrogen-bond acceptors (Lipinski definition) is 2. The molecule has 0 spiro atoms. The molecule has 4 saturated carbocycles. The molecule has 0 radical (unpaired) electrons. The Labute approximate surface area is 127 Å². The molecule has 0 atom stereocenters. The highest BCUT2D eigenvalue weighted by Crippen LogP contribution is 2.53. The van der Waals surface area contributed by atoms with Crippen LogP contribution >= 0.6 is 15.9 Å². The van der Waals surface area contributed by atoms with Gasteiger partial charge in [0, 0.05) is 6.04 Å². The number of pyridine rings is 1. The Morgan fingerprint density at radius 1 is 1.10 bits per heavy atom. The third-order valence-electron chi connectivity index (χ3n) is 5.47. The number of halogens is 1. The molecule has 0 saturated heterocycles. The second kappa shape index (κ2) is 4.83. The average Bonchev–Trinajstić information content (AvgIpc) is 2.42. The third-order valence-corrected chi connectivity index (χ3v) is 5.91. The highest BCUT2D eigenvalue weighted by Gasteiger charge is 2.48. The van der Waals surface area contributed by atoms with Gasteiger partial charge < -0.3 is 5.32 Å². The van der Waals surface area contributed by atoms with E-state index >= 15 is 0 Å². The van der Waals surface area contributed by atoms with E-state index in [-0.39, 0.29) is 5.91 Å². The zero-order valence-electron chi connectivity index (χ0n) is 11.4. The van der Waals surface area contributed by atoms with Gasteiger partial charge in [0.25, 0.3) is 5.91 Å². The van der Waals surface area contributed by atoms with E-state index in [1.165, 1.54) is 32.1 Å². The van der Waals surface area contributed by atoms with Gasteiger partial charge in [-0.15, -0.1) is 0 Å². The van der Waals surface area contributed by atoms with E-state index in [1.54, 1.807) is 6.07 Å². The number of hydrogen-bond donors (Lipinski definition) is 1. The molecule has 0 unspecified atom stereocenters. The first-order chi connectivity index (χ1) is 9.69. The number of nitrogens with one attached hydrogen (secondary N) is 1. The molecule has 4 aliphatic carbocycles. The van der Waals surface area contributed by atoms with Crippen molar-refractivity contribution in [1.29, 1.82) is 0 Å². The summed E-state index contributed by atoms with van der Waals surface area (Å²) in [7, 11) is 0. The average molecular weight is 335 g/mol. The predicted octanol–water partition coefficient (Wildman–Crippen LogP) is 3.40. The van der Waals surface area contributed by atoms with Crippen molar-refractivity contribution >= 4 is 21.8 Å². The van der Waals surface area contributed by atoms with Crippen LogP contribution < -0.4 is 5.32 Å². The smallest absolute Gasteiger partial charge is 0.270 e. The fourth-order valence-corrected chi connectivity index (χ4v) is 5.26. The van der Waals surface area contributed by atoms with Gasteiger partial charge in [0.2, 0.25) is 0 Å². The van der Waals surface area contributed by atoms with E-state index in [0.29, 0.717) is 23.6 Å². The maximum absolute atomic E-state index is 12.4. The molecule has 20 heavy (non-hydrogen) atoms. The van der Waals surface area contributed by atoms with E-state index in [9.17, 15) is 4.79 Å². The first-order valence-electron chi connectivity index (χ1n) is 7.62. The summed E-state index contributed by atoms with van der Waals surface area (Å²) in [5, 5.41) is 3.28. The first-order valence-corrected chi connectivity index (χ1v) is 8.42. The van der Waals surface area contributed by atoms with Crippen LogP contribution in [0.3, 0.4) is 0 Å². The largest absolute Gasteiger partial charge is 0.347 e. The SMILES string of the molecule is O=C(NC1C2CC3CC(C2)CC1C3)c1cccc(Br)n1. The van der Waals surface area contributed by atoms with Gasteiger partial charge in [0.1, 0.15) is 10.3 Å². The van der Waals surface area contributed by atoms with Crippen molar-refractivity contribution in [3.8, 4) is 0 Å². The lowest BCUT2D eigenvalue weighted by Gasteiger charge is -2.54. The fraction of sp³-hybridized carbons (Fsp3) is 0.625. The van der Waals surface area contributed by atoms with Crippen LogP contribution in [-0.2, 0) is 0 Å². The lowest BCUT2D eigenvalue weighted by Crippen LogP contribution is -2.55. The number of carbonyl (C=O) groups excluding carboxylic acids is 1. The van der Waals surface area contributed by atoms with E-state index < -0.39 is 0 Å². The Morgan fingerprint density at radius 2 is 1.75 bits per heavy atom. The Bertz CT molecular complexity index is 517. The molecule has 1 aromatic rings. The highest BCUT2D eigenvalue weighted by molar-refractivity contribution is 9.10. The van der Waals surface area contributed by atoms with Crippen molar-refractivity contribution in [3.05, 3.63) is 28.5 Å². The summed E-state index contributed by atoms with van der Waals surface area (Å²) in [6, 6.07) is 5.88. The molecule has 4 bridgehead atoms. The molecule has 106 valence electrons. The summed E-state index contributed by atoms with van der Waals surface area (Å²) in [5.41, 5.74) is 0.521. The van der Waals surface area contributed by atoms with Crippen molar-refractivity contribution in [2.24, 2.45) is 23.7 Å². The topological polar surface area (TPSA) is 42.0 Å². The summed E-state index contributed by atoms with van der Waals surface area (Å²) >= 11 is 3.33. The summed E-state index contributed by atoms with van der Waals surface area (Å²) in [6.45, 7) is 0. The van der Waals surface area contributed by atoms with E-state index in [0.717, 1.165) is 16.4 Å². The number of nitrogens with zero attached hydrogens (tertiary/aromatic N) is 1. The molecular weight excluding hydrogens is 316 g/mol. The van der Waals surface area contributed by atoms with E-state index in [4.69, 9.17) is 0 Å². The lowest BCUT2D eigenvalue weighted by atomic mass is 9.54. The van der Waals surface area contributed by atoms with Gasteiger partial charge in [-0.2, -0.15) is 0 Å². The molecule has 1 amide bonds. The van der Waals surface area contributed by atoms with Crippen LogP contribution in [0.2, 0.25) is 0 Å². The standard InChI is InChI=1S/C16H19BrN2O/c17-14-3-1-2-13(18-14)16(20)19-15-11-5-9-4-10(7-11)8-12(15)6-9/h1-3,9-12,15H,4-8H2,(H,19,20). The molecule has 4 aliphatic rings. The normalized spacial score (nSPS) is 38.0. The van der Waals surface area contributed by atoms with E-state index in [1.807, 2.05) is 12.1 Å².